The Hall–Kier alpha value is -3.27. The minimum atomic E-state index is -0.634. The second-order valence-corrected chi connectivity index (χ2v) is 8.49. The number of hydrogen-bond acceptors (Lipinski definition) is 6. The van der Waals surface area contributed by atoms with E-state index in [0.29, 0.717) is 40.9 Å². The summed E-state index contributed by atoms with van der Waals surface area (Å²) >= 11 is 0. The Balaban J connectivity index is 1.60. The van der Waals surface area contributed by atoms with Gasteiger partial charge >= 0.3 is 0 Å². The van der Waals surface area contributed by atoms with Crippen molar-refractivity contribution in [3.8, 4) is 17.0 Å². The summed E-state index contributed by atoms with van der Waals surface area (Å²) in [5.41, 5.74) is 3.30. The van der Waals surface area contributed by atoms with E-state index < -0.39 is 12.3 Å². The average molecular weight is 441 g/mol. The Labute approximate surface area is 185 Å². The summed E-state index contributed by atoms with van der Waals surface area (Å²) in [6.07, 6.45) is 3.14. The molecule has 5 rings (SSSR count). The number of nitrogens with zero attached hydrogens (tertiary/aromatic N) is 6. The van der Waals surface area contributed by atoms with Crippen LogP contribution in [0.5, 0.6) is 5.88 Å². The summed E-state index contributed by atoms with van der Waals surface area (Å²) in [5.74, 6) is 0.347. The molecule has 32 heavy (non-hydrogen) atoms. The van der Waals surface area contributed by atoms with Gasteiger partial charge in [0.25, 0.3) is 0 Å². The predicted octanol–water partition coefficient (Wildman–Crippen LogP) is 2.65. The van der Waals surface area contributed by atoms with Gasteiger partial charge in [0.05, 0.1) is 32.2 Å². The number of aryl methyl sites for hydroxylation is 1. The third-order valence-corrected chi connectivity index (χ3v) is 6.09. The van der Waals surface area contributed by atoms with E-state index in [1.54, 1.807) is 10.6 Å². The molecule has 0 radical (unpaired) electrons. The summed E-state index contributed by atoms with van der Waals surface area (Å²) in [5, 5.41) is 21.4. The highest BCUT2D eigenvalue weighted by atomic mass is 19.1. The fraction of sp³-hybridized carbons (Fsp3) is 0.455. The second-order valence-electron chi connectivity index (χ2n) is 8.49. The Morgan fingerprint density at radius 1 is 1.38 bits per heavy atom. The number of nitrogens with one attached hydrogen (secondary N) is 1. The van der Waals surface area contributed by atoms with Crippen molar-refractivity contribution in [1.29, 1.82) is 0 Å². The van der Waals surface area contributed by atoms with Gasteiger partial charge in [-0.1, -0.05) is 11.3 Å². The molecule has 0 spiro atoms. The van der Waals surface area contributed by atoms with Crippen LogP contribution in [-0.4, -0.2) is 60.1 Å². The van der Waals surface area contributed by atoms with Crippen molar-refractivity contribution < 1.29 is 15.6 Å². The summed E-state index contributed by atoms with van der Waals surface area (Å²) in [4.78, 5) is 9.27. The lowest BCUT2D eigenvalue weighted by Crippen LogP contribution is -2.33. The summed E-state index contributed by atoms with van der Waals surface area (Å²) in [7, 11) is 1.54. The highest BCUT2D eigenvalue weighted by Crippen LogP contribution is 2.32. The Kier molecular flexibility index (Phi) is 4.86. The number of hydrogen-bond donors (Lipinski definition) is 2. The zero-order valence-corrected chi connectivity index (χ0v) is 18.0. The molecule has 168 valence electrons. The van der Waals surface area contributed by atoms with Crippen molar-refractivity contribution in [3.63, 3.8) is 0 Å². The molecule has 1 aliphatic carbocycles. The van der Waals surface area contributed by atoms with Crippen molar-refractivity contribution in [2.75, 3.05) is 13.8 Å². The quantitative estimate of drug-likeness (QED) is 0.496. The summed E-state index contributed by atoms with van der Waals surface area (Å²) < 4.78 is 30.1. The van der Waals surface area contributed by atoms with Gasteiger partial charge in [-0.25, -0.2) is 14.1 Å². The molecule has 9 nitrogen and oxygen atoms in total. The van der Waals surface area contributed by atoms with E-state index in [2.05, 4.69) is 20.4 Å². The molecule has 0 unspecified atom stereocenters. The minimum Gasteiger partial charge on any atom is -0.479 e. The number of aliphatic hydroxyl groups is 1. The van der Waals surface area contributed by atoms with E-state index in [-0.39, 0.29) is 18.8 Å². The maximum absolute atomic E-state index is 12.9. The largest absolute Gasteiger partial charge is 0.479 e. The number of H-pyrrole nitrogens is 1. The third kappa shape index (κ3) is 3.75. The molecule has 3 aromatic heterocycles. The molecule has 10 heteroatoms. The first-order valence-electron chi connectivity index (χ1n) is 11.2. The van der Waals surface area contributed by atoms with Gasteiger partial charge < -0.3 is 9.84 Å². The molecule has 1 fully saturated rings. The molecule has 0 amide bonds. The number of halogens is 1. The van der Waals surface area contributed by atoms with Crippen molar-refractivity contribution in [3.05, 3.63) is 36.1 Å². The van der Waals surface area contributed by atoms with Gasteiger partial charge in [0, 0.05) is 11.7 Å². The maximum atomic E-state index is 12.9. The minimum absolute atomic E-state index is 0.0473. The lowest BCUT2D eigenvalue weighted by atomic mass is 9.84. The first-order valence-corrected chi connectivity index (χ1v) is 10.7. The SMILES string of the molecule is [2H]c1cc(-c2ccc3nnn(CCF)c3c2)c2c(OC)nc(=NC3CCC(C)(O)CC3)[nH]n12. The van der Waals surface area contributed by atoms with Crippen LogP contribution in [0.25, 0.3) is 27.7 Å². The van der Waals surface area contributed by atoms with Crippen LogP contribution in [0.2, 0.25) is 0 Å². The number of alkyl halides is 1. The molecule has 0 bridgehead atoms. The third-order valence-electron chi connectivity index (χ3n) is 6.09. The van der Waals surface area contributed by atoms with E-state index in [9.17, 15) is 9.50 Å². The van der Waals surface area contributed by atoms with E-state index in [4.69, 9.17) is 11.1 Å². The number of aromatic nitrogens is 6. The molecular formula is C22H26FN7O2. The molecule has 0 atom stereocenters. The standard InChI is InChI=1S/C22H26FN7O2/c1-22(31)8-5-15(6-9-22)24-21-25-20(32-2)19-16(7-11-30(19)27-21)14-3-4-17-18(13-14)29(12-10-23)28-26-17/h3-4,7,11,13,15,31H,5-6,8-10,12H2,1-2H3,(H,24,27)/i11D. The van der Waals surface area contributed by atoms with Crippen LogP contribution in [0.15, 0.2) is 35.4 Å². The number of methoxy groups -OCH3 is 1. The van der Waals surface area contributed by atoms with Gasteiger partial charge in [-0.3, -0.25) is 9.61 Å². The van der Waals surface area contributed by atoms with Crippen molar-refractivity contribution >= 4 is 16.6 Å². The predicted molar refractivity (Wildman–Crippen MR) is 117 cm³/mol. The fourth-order valence-electron chi connectivity index (χ4n) is 4.28. The summed E-state index contributed by atoms with van der Waals surface area (Å²) in [6.45, 7) is 1.45. The number of fused-ring (bicyclic) bond motifs is 2. The Morgan fingerprint density at radius 3 is 2.94 bits per heavy atom. The van der Waals surface area contributed by atoms with Crippen LogP contribution in [0.1, 0.15) is 34.0 Å². The van der Waals surface area contributed by atoms with Crippen LogP contribution in [0.3, 0.4) is 0 Å². The smallest absolute Gasteiger partial charge is 0.243 e. The number of benzene rings is 1. The lowest BCUT2D eigenvalue weighted by molar-refractivity contribution is 0.0176. The number of rotatable bonds is 5. The van der Waals surface area contributed by atoms with Gasteiger partial charge in [0.1, 0.15) is 17.7 Å². The van der Waals surface area contributed by atoms with Gasteiger partial charge in [0.15, 0.2) is 0 Å². The van der Waals surface area contributed by atoms with Crippen LogP contribution in [0.4, 0.5) is 4.39 Å². The van der Waals surface area contributed by atoms with Crippen molar-refractivity contribution in [1.82, 2.24) is 29.6 Å². The lowest BCUT2D eigenvalue weighted by Gasteiger charge is -2.30. The van der Waals surface area contributed by atoms with E-state index in [0.717, 1.165) is 24.0 Å². The zero-order chi connectivity index (χ0) is 23.2. The highest BCUT2D eigenvalue weighted by Gasteiger charge is 2.28. The fourth-order valence-corrected chi connectivity index (χ4v) is 4.28. The molecule has 3 heterocycles. The van der Waals surface area contributed by atoms with Gasteiger partial charge in [-0.2, -0.15) is 4.98 Å². The van der Waals surface area contributed by atoms with E-state index >= 15 is 0 Å². The molecule has 2 N–H and O–H groups in total. The molecular weight excluding hydrogens is 413 g/mol. The Morgan fingerprint density at radius 2 is 2.19 bits per heavy atom. The zero-order valence-electron chi connectivity index (χ0n) is 19.0. The highest BCUT2D eigenvalue weighted by molar-refractivity contribution is 5.89. The maximum Gasteiger partial charge on any atom is 0.243 e. The molecule has 1 aromatic carbocycles. The van der Waals surface area contributed by atoms with Crippen molar-refractivity contribution in [2.24, 2.45) is 4.99 Å². The average Bonchev–Trinajstić information content (AvgIpc) is 3.36. The topological polar surface area (TPSA) is 106 Å². The molecule has 0 saturated heterocycles. The number of ether oxygens (including phenoxy) is 1. The van der Waals surface area contributed by atoms with Gasteiger partial charge in [-0.15, -0.1) is 5.10 Å². The van der Waals surface area contributed by atoms with Crippen LogP contribution < -0.4 is 10.4 Å². The molecule has 1 saturated carbocycles. The van der Waals surface area contributed by atoms with Gasteiger partial charge in [-0.05, 0) is 56.4 Å². The van der Waals surface area contributed by atoms with Crippen LogP contribution in [-0.2, 0) is 6.54 Å². The first kappa shape index (κ1) is 19.4. The van der Waals surface area contributed by atoms with Crippen LogP contribution >= 0.6 is 0 Å². The summed E-state index contributed by atoms with van der Waals surface area (Å²) in [6, 6.07) is 7.36. The Bertz CT molecular complexity index is 1380. The number of aromatic amines is 1. The molecule has 1 aliphatic rings. The van der Waals surface area contributed by atoms with Crippen molar-refractivity contribution in [2.45, 2.75) is 50.8 Å². The van der Waals surface area contributed by atoms with E-state index in [1.807, 2.05) is 25.1 Å². The second kappa shape index (κ2) is 8.01. The van der Waals surface area contributed by atoms with Crippen LogP contribution in [0, 0.1) is 0 Å². The molecule has 0 aliphatic heterocycles. The molecule has 4 aromatic rings. The van der Waals surface area contributed by atoms with E-state index in [1.165, 1.54) is 11.8 Å². The normalized spacial score (nSPS) is 22.6. The van der Waals surface area contributed by atoms with Gasteiger partial charge in [0.2, 0.25) is 11.5 Å². The first-order chi connectivity index (χ1) is 15.9. The monoisotopic (exact) mass is 440 g/mol.